The first-order valence-corrected chi connectivity index (χ1v) is 9.25. The molecular weight excluding hydrogens is 414 g/mol. The first-order valence-electron chi connectivity index (χ1n) is 8.46. The van der Waals surface area contributed by atoms with E-state index in [0.29, 0.717) is 24.5 Å². The maximum atomic E-state index is 12.5. The van der Waals surface area contributed by atoms with Crippen LogP contribution in [0.5, 0.6) is 11.5 Å². The smallest absolute Gasteiger partial charge is 0.338 e. The Balaban J connectivity index is 2.08. The molecular formula is C20H22BrNO5. The molecule has 1 amide bonds. The molecule has 27 heavy (non-hydrogen) atoms. The molecule has 144 valence electrons. The van der Waals surface area contributed by atoms with Crippen LogP contribution in [0.15, 0.2) is 40.9 Å². The standard InChI is InChI=1S/C20H22BrNO5/c1-4-27-20(24)15-8-6-5-7-14(15)19(23)22-10-9-13-11-18(26-3)16(21)12-17(13)25-2/h5-8,11-12H,4,9-10H2,1-3H3,(H,22,23). The topological polar surface area (TPSA) is 73.9 Å². The number of methoxy groups -OCH3 is 2. The Morgan fingerprint density at radius 1 is 1.04 bits per heavy atom. The maximum Gasteiger partial charge on any atom is 0.338 e. The summed E-state index contributed by atoms with van der Waals surface area (Å²) in [5.74, 6) is 0.540. The quantitative estimate of drug-likeness (QED) is 0.640. The normalized spacial score (nSPS) is 10.2. The molecule has 7 heteroatoms. The highest BCUT2D eigenvalue weighted by atomic mass is 79.9. The minimum absolute atomic E-state index is 0.250. The van der Waals surface area contributed by atoms with Crippen LogP contribution in [0.3, 0.4) is 0 Å². The fourth-order valence-corrected chi connectivity index (χ4v) is 3.08. The molecule has 0 aromatic heterocycles. The minimum atomic E-state index is -0.512. The molecule has 0 atom stereocenters. The Hall–Kier alpha value is -2.54. The van der Waals surface area contributed by atoms with Gasteiger partial charge in [0, 0.05) is 6.54 Å². The van der Waals surface area contributed by atoms with Crippen molar-refractivity contribution in [3.63, 3.8) is 0 Å². The van der Waals surface area contributed by atoms with E-state index in [9.17, 15) is 9.59 Å². The average Bonchev–Trinajstić information content (AvgIpc) is 2.68. The number of hydrogen-bond donors (Lipinski definition) is 1. The summed E-state index contributed by atoms with van der Waals surface area (Å²) in [6.45, 7) is 2.34. The zero-order valence-electron chi connectivity index (χ0n) is 15.5. The first-order chi connectivity index (χ1) is 13.0. The van der Waals surface area contributed by atoms with Crippen LogP contribution in [-0.2, 0) is 11.2 Å². The fourth-order valence-electron chi connectivity index (χ4n) is 2.59. The van der Waals surface area contributed by atoms with Crippen molar-refractivity contribution < 1.29 is 23.8 Å². The van der Waals surface area contributed by atoms with Gasteiger partial charge in [-0.25, -0.2) is 4.79 Å². The monoisotopic (exact) mass is 435 g/mol. The molecule has 0 aliphatic carbocycles. The van der Waals surface area contributed by atoms with E-state index < -0.39 is 5.97 Å². The lowest BCUT2D eigenvalue weighted by atomic mass is 10.1. The summed E-state index contributed by atoms with van der Waals surface area (Å²) < 4.78 is 16.5. The van der Waals surface area contributed by atoms with E-state index in [1.807, 2.05) is 12.1 Å². The van der Waals surface area contributed by atoms with E-state index in [0.717, 1.165) is 10.0 Å². The highest BCUT2D eigenvalue weighted by molar-refractivity contribution is 9.10. The van der Waals surface area contributed by atoms with E-state index in [1.165, 1.54) is 0 Å². The summed E-state index contributed by atoms with van der Waals surface area (Å²) in [6.07, 6.45) is 0.542. The third kappa shape index (κ3) is 5.23. The number of rotatable bonds is 8. The summed E-state index contributed by atoms with van der Waals surface area (Å²) >= 11 is 3.42. The Labute approximate surface area is 166 Å². The summed E-state index contributed by atoms with van der Waals surface area (Å²) in [4.78, 5) is 24.5. The number of benzene rings is 2. The molecule has 0 saturated heterocycles. The number of nitrogens with one attached hydrogen (secondary N) is 1. The fraction of sp³-hybridized carbons (Fsp3) is 0.300. The number of esters is 1. The zero-order valence-corrected chi connectivity index (χ0v) is 17.1. The van der Waals surface area contributed by atoms with E-state index in [-0.39, 0.29) is 23.6 Å². The lowest BCUT2D eigenvalue weighted by Crippen LogP contribution is -2.27. The largest absolute Gasteiger partial charge is 0.496 e. The van der Waals surface area contributed by atoms with Crippen molar-refractivity contribution in [3.05, 3.63) is 57.6 Å². The van der Waals surface area contributed by atoms with Gasteiger partial charge in [-0.05, 0) is 59.1 Å². The van der Waals surface area contributed by atoms with Crippen LogP contribution >= 0.6 is 15.9 Å². The molecule has 0 heterocycles. The molecule has 1 N–H and O–H groups in total. The molecule has 2 rings (SSSR count). The van der Waals surface area contributed by atoms with Crippen molar-refractivity contribution in [1.82, 2.24) is 5.32 Å². The van der Waals surface area contributed by atoms with Gasteiger partial charge in [0.15, 0.2) is 0 Å². The van der Waals surface area contributed by atoms with Crippen molar-refractivity contribution in [2.75, 3.05) is 27.4 Å². The summed E-state index contributed by atoms with van der Waals surface area (Å²) in [5, 5.41) is 2.83. The first kappa shape index (κ1) is 20.8. The number of ether oxygens (including phenoxy) is 3. The summed E-state index contributed by atoms with van der Waals surface area (Å²) in [7, 11) is 3.18. The Morgan fingerprint density at radius 2 is 1.70 bits per heavy atom. The SMILES string of the molecule is CCOC(=O)c1ccccc1C(=O)NCCc1cc(OC)c(Br)cc1OC. The summed E-state index contributed by atoms with van der Waals surface area (Å²) in [6, 6.07) is 10.3. The summed E-state index contributed by atoms with van der Waals surface area (Å²) in [5.41, 5.74) is 1.44. The van der Waals surface area contributed by atoms with Crippen LogP contribution in [0.1, 0.15) is 33.2 Å². The molecule has 0 spiro atoms. The van der Waals surface area contributed by atoms with Crippen molar-refractivity contribution >= 4 is 27.8 Å². The van der Waals surface area contributed by atoms with Crippen molar-refractivity contribution in [1.29, 1.82) is 0 Å². The Morgan fingerprint density at radius 3 is 2.33 bits per heavy atom. The third-order valence-corrected chi connectivity index (χ3v) is 4.52. The second kappa shape index (κ2) is 9.97. The third-order valence-electron chi connectivity index (χ3n) is 3.90. The Bertz CT molecular complexity index is 822. The van der Waals surface area contributed by atoms with Gasteiger partial charge in [0.1, 0.15) is 11.5 Å². The van der Waals surface area contributed by atoms with Crippen molar-refractivity contribution in [2.24, 2.45) is 0 Å². The van der Waals surface area contributed by atoms with Crippen LogP contribution in [-0.4, -0.2) is 39.2 Å². The van der Waals surface area contributed by atoms with Gasteiger partial charge < -0.3 is 19.5 Å². The lowest BCUT2D eigenvalue weighted by molar-refractivity contribution is 0.0522. The minimum Gasteiger partial charge on any atom is -0.496 e. The van der Waals surface area contributed by atoms with Gasteiger partial charge in [0.25, 0.3) is 5.91 Å². The van der Waals surface area contributed by atoms with Gasteiger partial charge >= 0.3 is 5.97 Å². The van der Waals surface area contributed by atoms with Gasteiger partial charge in [-0.15, -0.1) is 0 Å². The van der Waals surface area contributed by atoms with Crippen LogP contribution in [0, 0.1) is 0 Å². The molecule has 0 radical (unpaired) electrons. The van der Waals surface area contributed by atoms with Gasteiger partial charge in [-0.3, -0.25) is 4.79 Å². The molecule has 0 unspecified atom stereocenters. The molecule has 0 aliphatic rings. The van der Waals surface area contributed by atoms with E-state index in [4.69, 9.17) is 14.2 Å². The number of hydrogen-bond acceptors (Lipinski definition) is 5. The molecule has 2 aromatic carbocycles. The maximum absolute atomic E-state index is 12.5. The average molecular weight is 436 g/mol. The van der Waals surface area contributed by atoms with E-state index in [1.54, 1.807) is 45.4 Å². The number of halogens is 1. The van der Waals surface area contributed by atoms with Gasteiger partial charge in [0.05, 0.1) is 36.4 Å². The molecule has 0 saturated carbocycles. The van der Waals surface area contributed by atoms with E-state index in [2.05, 4.69) is 21.2 Å². The molecule has 2 aromatic rings. The van der Waals surface area contributed by atoms with Gasteiger partial charge in [0.2, 0.25) is 0 Å². The van der Waals surface area contributed by atoms with Gasteiger partial charge in [-0.1, -0.05) is 12.1 Å². The molecule has 0 bridgehead atoms. The van der Waals surface area contributed by atoms with Crippen molar-refractivity contribution in [2.45, 2.75) is 13.3 Å². The number of amides is 1. The number of carbonyl (C=O) groups excluding carboxylic acids is 2. The van der Waals surface area contributed by atoms with E-state index >= 15 is 0 Å². The molecule has 6 nitrogen and oxygen atoms in total. The van der Waals surface area contributed by atoms with Crippen molar-refractivity contribution in [3.8, 4) is 11.5 Å². The van der Waals surface area contributed by atoms with Crippen LogP contribution in [0.25, 0.3) is 0 Å². The van der Waals surface area contributed by atoms with Crippen LogP contribution < -0.4 is 14.8 Å². The molecule has 0 fully saturated rings. The second-order valence-electron chi connectivity index (χ2n) is 5.57. The van der Waals surface area contributed by atoms with Crippen LogP contribution in [0.2, 0.25) is 0 Å². The highest BCUT2D eigenvalue weighted by Gasteiger charge is 2.17. The predicted molar refractivity (Wildman–Crippen MR) is 106 cm³/mol. The van der Waals surface area contributed by atoms with Crippen LogP contribution in [0.4, 0.5) is 0 Å². The highest BCUT2D eigenvalue weighted by Crippen LogP contribution is 2.32. The number of carbonyl (C=O) groups is 2. The predicted octanol–water partition coefficient (Wildman–Crippen LogP) is 3.62. The second-order valence-corrected chi connectivity index (χ2v) is 6.42. The van der Waals surface area contributed by atoms with Gasteiger partial charge in [-0.2, -0.15) is 0 Å². The lowest BCUT2D eigenvalue weighted by Gasteiger charge is -2.13. The molecule has 0 aliphatic heterocycles. The Kier molecular flexibility index (Phi) is 7.67. The zero-order chi connectivity index (χ0) is 19.8.